The molecule has 3 aromatic rings. The summed E-state index contributed by atoms with van der Waals surface area (Å²) in [5.41, 5.74) is 4.20. The molecule has 32 heavy (non-hydrogen) atoms. The quantitative estimate of drug-likeness (QED) is 0.535. The number of ether oxygens (including phenoxy) is 2. The third-order valence-corrected chi connectivity index (χ3v) is 5.30. The molecule has 7 heteroatoms. The second kappa shape index (κ2) is 10.2. The zero-order chi connectivity index (χ0) is 22.3. The van der Waals surface area contributed by atoms with Gasteiger partial charge < -0.3 is 19.9 Å². The molecule has 1 aromatic heterocycles. The first-order valence-corrected chi connectivity index (χ1v) is 10.4. The number of aliphatic hydroxyl groups is 1. The van der Waals surface area contributed by atoms with Gasteiger partial charge in [-0.25, -0.2) is 0 Å². The molecule has 1 aliphatic rings. The molecule has 1 unspecified atom stereocenters. The number of hydrogen-bond acceptors (Lipinski definition) is 6. The van der Waals surface area contributed by atoms with Gasteiger partial charge in [-0.2, -0.15) is 0 Å². The van der Waals surface area contributed by atoms with E-state index in [1.54, 1.807) is 31.7 Å². The number of aliphatic hydroxyl groups excluding tert-OH is 1. The van der Waals surface area contributed by atoms with Crippen LogP contribution < -0.4 is 10.1 Å². The minimum atomic E-state index is -0.799. The van der Waals surface area contributed by atoms with Crippen LogP contribution in [0.2, 0.25) is 0 Å². The number of carbonyl (C=O) groups excluding carboxylic acids is 1. The van der Waals surface area contributed by atoms with Gasteiger partial charge in [0.1, 0.15) is 5.75 Å². The lowest BCUT2D eigenvalue weighted by Crippen LogP contribution is -2.40. The van der Waals surface area contributed by atoms with Gasteiger partial charge in [0.05, 0.1) is 17.8 Å². The van der Waals surface area contributed by atoms with E-state index < -0.39 is 6.10 Å². The number of carbonyl (C=O) groups is 1. The molecular formula is C25H25N3O4. The number of fused-ring (bicyclic) bond motifs is 1. The highest BCUT2D eigenvalue weighted by Crippen LogP contribution is 2.23. The van der Waals surface area contributed by atoms with Crippen molar-refractivity contribution in [3.63, 3.8) is 0 Å². The van der Waals surface area contributed by atoms with Gasteiger partial charge >= 0.3 is 0 Å². The number of aromatic nitrogens is 1. The maximum atomic E-state index is 12.6. The van der Waals surface area contributed by atoms with Crippen LogP contribution in [0.15, 0.2) is 71.9 Å². The second-order valence-electron chi connectivity index (χ2n) is 7.53. The highest BCUT2D eigenvalue weighted by molar-refractivity contribution is 5.95. The van der Waals surface area contributed by atoms with Crippen LogP contribution in [0, 0.1) is 0 Å². The normalized spacial score (nSPS) is 15.6. The van der Waals surface area contributed by atoms with E-state index in [9.17, 15) is 9.90 Å². The maximum absolute atomic E-state index is 12.6. The summed E-state index contributed by atoms with van der Waals surface area (Å²) >= 11 is 0. The molecule has 2 aromatic carbocycles. The van der Waals surface area contributed by atoms with E-state index >= 15 is 0 Å². The van der Waals surface area contributed by atoms with Crippen LogP contribution in [0.5, 0.6) is 5.75 Å². The summed E-state index contributed by atoms with van der Waals surface area (Å²) in [4.78, 5) is 21.4. The Balaban J connectivity index is 1.35. The Morgan fingerprint density at radius 1 is 1.19 bits per heavy atom. The molecule has 2 N–H and O–H groups in total. The van der Waals surface area contributed by atoms with Crippen LogP contribution in [0.25, 0.3) is 11.3 Å². The number of benzene rings is 2. The minimum Gasteiger partial charge on any atom is -0.468 e. The van der Waals surface area contributed by atoms with E-state index in [2.05, 4.69) is 15.3 Å². The first-order valence-electron chi connectivity index (χ1n) is 10.4. The first kappa shape index (κ1) is 21.7. The number of nitrogens with zero attached hydrogens (tertiary/aromatic N) is 2. The van der Waals surface area contributed by atoms with E-state index in [-0.39, 0.29) is 25.3 Å². The Labute approximate surface area is 186 Å². The maximum Gasteiger partial charge on any atom is 0.251 e. The molecule has 1 amide bonds. The van der Waals surface area contributed by atoms with Crippen LogP contribution in [-0.2, 0) is 11.2 Å². The van der Waals surface area contributed by atoms with E-state index in [0.29, 0.717) is 17.7 Å². The number of methoxy groups -OCH3 is 1. The Morgan fingerprint density at radius 2 is 2.09 bits per heavy atom. The number of aliphatic imine (C=N–C) groups is 1. The molecule has 0 spiro atoms. The summed E-state index contributed by atoms with van der Waals surface area (Å²) < 4.78 is 10.4. The molecule has 4 rings (SSSR count). The number of amides is 1. The lowest BCUT2D eigenvalue weighted by molar-refractivity contribution is 0.0511. The molecule has 2 heterocycles. The number of rotatable bonds is 8. The fraction of sp³-hybridized carbons (Fsp3) is 0.240. The lowest BCUT2D eigenvalue weighted by Gasteiger charge is -2.24. The van der Waals surface area contributed by atoms with Gasteiger partial charge in [0.15, 0.2) is 6.79 Å². The molecule has 0 radical (unpaired) electrons. The van der Waals surface area contributed by atoms with E-state index in [1.807, 2.05) is 48.5 Å². The lowest BCUT2D eigenvalue weighted by atomic mass is 9.94. The molecule has 0 bridgehead atoms. The van der Waals surface area contributed by atoms with Crippen LogP contribution in [0.3, 0.4) is 0 Å². The van der Waals surface area contributed by atoms with Crippen molar-refractivity contribution in [2.45, 2.75) is 18.6 Å². The van der Waals surface area contributed by atoms with Gasteiger partial charge in [0.25, 0.3) is 5.91 Å². The van der Waals surface area contributed by atoms with Crippen LogP contribution in [-0.4, -0.2) is 54.8 Å². The third-order valence-electron chi connectivity index (χ3n) is 5.30. The molecule has 0 saturated carbocycles. The Kier molecular flexibility index (Phi) is 6.89. The predicted octanol–water partition coefficient (Wildman–Crippen LogP) is 2.87. The average molecular weight is 431 g/mol. The van der Waals surface area contributed by atoms with Gasteiger partial charge in [-0.3, -0.25) is 14.8 Å². The second-order valence-corrected chi connectivity index (χ2v) is 7.53. The van der Waals surface area contributed by atoms with Crippen molar-refractivity contribution in [2.75, 3.05) is 20.4 Å². The third kappa shape index (κ3) is 5.19. The summed E-state index contributed by atoms with van der Waals surface area (Å²) in [5, 5.41) is 13.4. The monoisotopic (exact) mass is 431 g/mol. The van der Waals surface area contributed by atoms with Gasteiger partial charge in [-0.05, 0) is 53.9 Å². The number of hydrogen-bond donors (Lipinski definition) is 2. The standard InChI is InChI=1S/C25H25N3O4/c1-31-16-32-21-9-8-17-13-23(27-14-20(17)12-21)24(29)15-28-25(30)19-6-4-5-18(11-19)22-7-2-3-10-26-22/h2-12,14,23-24,29H,13,15-16H2,1H3,(H,28,30)/t23?,24-/m1/s1. The summed E-state index contributed by atoms with van der Waals surface area (Å²) in [7, 11) is 1.57. The van der Waals surface area contributed by atoms with Crippen molar-refractivity contribution in [2.24, 2.45) is 4.99 Å². The van der Waals surface area contributed by atoms with Gasteiger partial charge in [0, 0.05) is 37.2 Å². The van der Waals surface area contributed by atoms with Crippen LogP contribution in [0.4, 0.5) is 0 Å². The van der Waals surface area contributed by atoms with Crippen molar-refractivity contribution in [1.29, 1.82) is 0 Å². The minimum absolute atomic E-state index is 0.110. The molecular weight excluding hydrogens is 406 g/mol. The Hall–Kier alpha value is -3.55. The van der Waals surface area contributed by atoms with E-state index in [4.69, 9.17) is 9.47 Å². The first-order chi connectivity index (χ1) is 15.6. The zero-order valence-corrected chi connectivity index (χ0v) is 17.8. The van der Waals surface area contributed by atoms with E-state index in [0.717, 1.165) is 22.4 Å². The van der Waals surface area contributed by atoms with Crippen molar-refractivity contribution in [1.82, 2.24) is 10.3 Å². The predicted molar refractivity (Wildman–Crippen MR) is 122 cm³/mol. The smallest absolute Gasteiger partial charge is 0.251 e. The Morgan fingerprint density at radius 3 is 2.91 bits per heavy atom. The summed E-state index contributed by atoms with van der Waals surface area (Å²) in [6.07, 6.45) is 3.24. The SMILES string of the molecule is COCOc1ccc2c(c1)C=NC([C@H](O)CNC(=O)c1cccc(-c3ccccn3)c1)C2. The highest BCUT2D eigenvalue weighted by Gasteiger charge is 2.23. The van der Waals surface area contributed by atoms with E-state index in [1.165, 1.54) is 0 Å². The largest absolute Gasteiger partial charge is 0.468 e. The summed E-state index contributed by atoms with van der Waals surface area (Å²) in [5.74, 6) is 0.457. The average Bonchev–Trinajstić information content (AvgIpc) is 2.86. The molecule has 7 nitrogen and oxygen atoms in total. The van der Waals surface area contributed by atoms with Gasteiger partial charge in [-0.1, -0.05) is 24.3 Å². The van der Waals surface area contributed by atoms with Gasteiger partial charge in [-0.15, -0.1) is 0 Å². The molecule has 0 aliphatic carbocycles. The molecule has 0 fully saturated rings. The van der Waals surface area contributed by atoms with Crippen LogP contribution >= 0.6 is 0 Å². The highest BCUT2D eigenvalue weighted by atomic mass is 16.7. The van der Waals surface area contributed by atoms with Crippen molar-refractivity contribution in [3.8, 4) is 17.0 Å². The summed E-state index contributed by atoms with van der Waals surface area (Å²) in [6.45, 7) is 0.292. The Bertz CT molecular complexity index is 1100. The van der Waals surface area contributed by atoms with Crippen molar-refractivity contribution in [3.05, 3.63) is 83.6 Å². The summed E-state index contributed by atoms with van der Waals surface area (Å²) in [6, 6.07) is 18.3. The fourth-order valence-electron chi connectivity index (χ4n) is 3.57. The van der Waals surface area contributed by atoms with Crippen LogP contribution in [0.1, 0.15) is 21.5 Å². The molecule has 0 saturated heterocycles. The zero-order valence-electron chi connectivity index (χ0n) is 17.8. The molecule has 164 valence electrons. The topological polar surface area (TPSA) is 93.0 Å². The molecule has 1 aliphatic heterocycles. The fourth-order valence-corrected chi connectivity index (χ4v) is 3.57. The van der Waals surface area contributed by atoms with Gasteiger partial charge in [0.2, 0.25) is 0 Å². The van der Waals surface area contributed by atoms with Crippen molar-refractivity contribution >= 4 is 12.1 Å². The number of pyridine rings is 1. The molecule has 2 atom stereocenters. The number of nitrogens with one attached hydrogen (secondary N) is 1. The van der Waals surface area contributed by atoms with Crippen molar-refractivity contribution < 1.29 is 19.4 Å².